The van der Waals surface area contributed by atoms with Crippen molar-refractivity contribution in [1.82, 2.24) is 10.3 Å². The number of hydrogen-bond donors (Lipinski definition) is 4. The third kappa shape index (κ3) is 2.88. The lowest BCUT2D eigenvalue weighted by Gasteiger charge is -2.27. The first kappa shape index (κ1) is 18.0. The maximum atomic E-state index is 14.7. The fourth-order valence-corrected chi connectivity index (χ4v) is 3.08. The number of aromatic nitrogens is 1. The SMILES string of the molecule is COc1ccc(F)c(C2N=C(NC#N)Nc3nc(N)c(C#N)c(N)c32)c1Cl. The lowest BCUT2D eigenvalue weighted by molar-refractivity contribution is 0.412. The number of benzene rings is 1. The Bertz CT molecular complexity index is 1060. The van der Waals surface area contributed by atoms with Gasteiger partial charge in [-0.15, -0.1) is 0 Å². The van der Waals surface area contributed by atoms with Gasteiger partial charge in [0.05, 0.1) is 17.8 Å². The Morgan fingerprint density at radius 1 is 1.33 bits per heavy atom. The Morgan fingerprint density at radius 2 is 2.07 bits per heavy atom. The molecule has 9 nitrogen and oxygen atoms in total. The molecule has 11 heteroatoms. The van der Waals surface area contributed by atoms with Crippen molar-refractivity contribution in [2.45, 2.75) is 6.04 Å². The largest absolute Gasteiger partial charge is 0.495 e. The number of rotatable bonds is 2. The van der Waals surface area contributed by atoms with Crippen LogP contribution in [0.1, 0.15) is 22.7 Å². The van der Waals surface area contributed by atoms with Gasteiger partial charge in [0.1, 0.15) is 40.9 Å². The zero-order valence-electron chi connectivity index (χ0n) is 13.8. The number of nitrogens with one attached hydrogen (secondary N) is 2. The van der Waals surface area contributed by atoms with Crippen LogP contribution in [0.3, 0.4) is 0 Å². The summed E-state index contributed by atoms with van der Waals surface area (Å²) in [7, 11) is 1.38. The molecule has 0 saturated carbocycles. The van der Waals surface area contributed by atoms with Gasteiger partial charge in [0.15, 0.2) is 6.19 Å². The molecule has 27 heavy (non-hydrogen) atoms. The van der Waals surface area contributed by atoms with Gasteiger partial charge in [-0.3, -0.25) is 5.32 Å². The smallest absolute Gasteiger partial charge is 0.211 e. The Kier molecular flexibility index (Phi) is 4.59. The molecule has 0 spiro atoms. The summed E-state index contributed by atoms with van der Waals surface area (Å²) in [5.74, 6) is -0.450. The lowest BCUT2D eigenvalue weighted by Crippen LogP contribution is -2.33. The van der Waals surface area contributed by atoms with Gasteiger partial charge in [0.25, 0.3) is 0 Å². The minimum absolute atomic E-state index is 0.00991. The first-order chi connectivity index (χ1) is 12.9. The molecule has 136 valence electrons. The first-order valence-electron chi connectivity index (χ1n) is 7.43. The monoisotopic (exact) mass is 386 g/mol. The number of ether oxygens (including phenoxy) is 1. The molecule has 3 rings (SSSR count). The number of nitrogen functional groups attached to an aromatic ring is 2. The third-order valence-corrected chi connectivity index (χ3v) is 4.33. The predicted molar refractivity (Wildman–Crippen MR) is 97.4 cm³/mol. The molecule has 1 atom stereocenters. The molecular formula is C16H12ClFN8O. The maximum absolute atomic E-state index is 14.7. The van der Waals surface area contributed by atoms with Gasteiger partial charge >= 0.3 is 0 Å². The van der Waals surface area contributed by atoms with E-state index >= 15 is 0 Å². The zero-order valence-corrected chi connectivity index (χ0v) is 14.6. The topological polar surface area (TPSA) is 158 Å². The van der Waals surface area contributed by atoms with Gasteiger partial charge in [-0.25, -0.2) is 14.4 Å². The van der Waals surface area contributed by atoms with Crippen LogP contribution in [0.5, 0.6) is 5.75 Å². The van der Waals surface area contributed by atoms with E-state index in [0.29, 0.717) is 0 Å². The van der Waals surface area contributed by atoms with Gasteiger partial charge in [-0.2, -0.15) is 10.5 Å². The van der Waals surface area contributed by atoms with Crippen LogP contribution in [0.2, 0.25) is 5.02 Å². The second kappa shape index (κ2) is 6.86. The Morgan fingerprint density at radius 3 is 2.70 bits per heavy atom. The van der Waals surface area contributed by atoms with Crippen molar-refractivity contribution in [2.24, 2.45) is 4.99 Å². The molecule has 0 aliphatic carbocycles. The van der Waals surface area contributed by atoms with Crippen LogP contribution >= 0.6 is 11.6 Å². The van der Waals surface area contributed by atoms with E-state index in [0.717, 1.165) is 0 Å². The fraction of sp³-hybridized carbons (Fsp3) is 0.125. The molecule has 0 fully saturated rings. The van der Waals surface area contributed by atoms with Gasteiger partial charge in [-0.05, 0) is 12.1 Å². The molecule has 6 N–H and O–H groups in total. The minimum Gasteiger partial charge on any atom is -0.495 e. The second-order valence-electron chi connectivity index (χ2n) is 5.38. The van der Waals surface area contributed by atoms with Crippen LogP contribution in [0.15, 0.2) is 17.1 Å². The summed E-state index contributed by atoms with van der Waals surface area (Å²) < 4.78 is 19.8. The Hall–Kier alpha value is -3.76. The number of nitrogens with two attached hydrogens (primary N) is 2. The summed E-state index contributed by atoms with van der Waals surface area (Å²) >= 11 is 6.31. The number of fused-ring (bicyclic) bond motifs is 1. The molecule has 0 amide bonds. The predicted octanol–water partition coefficient (Wildman–Crippen LogP) is 1.86. The Labute approximate surface area is 158 Å². The molecule has 0 bridgehead atoms. The summed E-state index contributed by atoms with van der Waals surface area (Å²) in [6.07, 6.45) is 1.71. The van der Waals surface area contributed by atoms with Gasteiger partial charge in [0, 0.05) is 11.1 Å². The highest BCUT2D eigenvalue weighted by atomic mass is 35.5. The highest BCUT2D eigenvalue weighted by Gasteiger charge is 2.33. The van der Waals surface area contributed by atoms with Crippen molar-refractivity contribution in [3.05, 3.63) is 39.7 Å². The summed E-state index contributed by atoms with van der Waals surface area (Å²) in [5, 5.41) is 23.2. The molecule has 1 aliphatic heterocycles. The van der Waals surface area contributed by atoms with Crippen LogP contribution in [0.4, 0.5) is 21.7 Å². The molecule has 1 aromatic carbocycles. The van der Waals surface area contributed by atoms with Crippen molar-refractivity contribution in [1.29, 1.82) is 10.5 Å². The fourth-order valence-electron chi connectivity index (χ4n) is 2.75. The average molecular weight is 387 g/mol. The lowest BCUT2D eigenvalue weighted by atomic mass is 9.94. The van der Waals surface area contributed by atoms with E-state index in [1.807, 2.05) is 6.07 Å². The number of aliphatic imine (C=N–C) groups is 1. The normalized spacial score (nSPS) is 14.9. The number of hydrogen-bond acceptors (Lipinski definition) is 9. The molecule has 0 radical (unpaired) electrons. The van der Waals surface area contributed by atoms with Gasteiger partial charge in [-0.1, -0.05) is 11.6 Å². The number of nitriles is 2. The summed E-state index contributed by atoms with van der Waals surface area (Å²) in [6.45, 7) is 0. The second-order valence-corrected chi connectivity index (χ2v) is 5.76. The molecule has 2 aromatic rings. The standard InChI is InChI=1S/C16H12ClFN8O/c1-27-8-3-2-7(18)9(11(8)17)13-10-12(21)6(4-19)14(22)25-15(10)26-16(24-13)23-5-20/h2-3,13H,1H3,(H6,21,22,23,24,25,26). The molecule has 0 saturated heterocycles. The Balaban J connectivity index is 2.34. The van der Waals surface area contributed by atoms with Crippen LogP contribution < -0.4 is 26.8 Å². The van der Waals surface area contributed by atoms with Crippen molar-refractivity contribution in [3.8, 4) is 18.0 Å². The van der Waals surface area contributed by atoms with E-state index in [4.69, 9.17) is 33.1 Å². The summed E-state index contributed by atoms with van der Waals surface area (Å²) in [6, 6.07) is 3.30. The van der Waals surface area contributed by atoms with Crippen LogP contribution in [-0.4, -0.2) is 18.1 Å². The number of anilines is 3. The van der Waals surface area contributed by atoms with E-state index in [1.54, 1.807) is 6.19 Å². The van der Waals surface area contributed by atoms with E-state index in [-0.39, 0.29) is 50.7 Å². The van der Waals surface area contributed by atoms with Gasteiger partial charge < -0.3 is 21.5 Å². The maximum Gasteiger partial charge on any atom is 0.211 e. The summed E-state index contributed by atoms with van der Waals surface area (Å²) in [4.78, 5) is 8.36. The number of nitrogens with zero attached hydrogens (tertiary/aromatic N) is 4. The first-order valence-corrected chi connectivity index (χ1v) is 7.81. The number of guanidine groups is 1. The van der Waals surface area contributed by atoms with E-state index in [1.165, 1.54) is 19.2 Å². The van der Waals surface area contributed by atoms with Crippen molar-refractivity contribution < 1.29 is 9.13 Å². The summed E-state index contributed by atoms with van der Waals surface area (Å²) in [5.41, 5.74) is 11.9. The zero-order chi connectivity index (χ0) is 19.7. The van der Waals surface area contributed by atoms with E-state index in [2.05, 4.69) is 20.6 Å². The van der Waals surface area contributed by atoms with Gasteiger partial charge in [0.2, 0.25) is 5.96 Å². The number of pyridine rings is 1. The third-order valence-electron chi connectivity index (χ3n) is 3.94. The van der Waals surface area contributed by atoms with Crippen molar-refractivity contribution in [3.63, 3.8) is 0 Å². The van der Waals surface area contributed by atoms with Crippen LogP contribution in [-0.2, 0) is 0 Å². The number of methoxy groups -OCH3 is 1. The average Bonchev–Trinajstić information content (AvgIpc) is 2.62. The molecule has 1 unspecified atom stereocenters. The van der Waals surface area contributed by atoms with Crippen LogP contribution in [0.25, 0.3) is 0 Å². The minimum atomic E-state index is -1.10. The van der Waals surface area contributed by atoms with Crippen molar-refractivity contribution >= 4 is 34.9 Å². The van der Waals surface area contributed by atoms with E-state index in [9.17, 15) is 9.65 Å². The highest BCUT2D eigenvalue weighted by molar-refractivity contribution is 6.33. The molecule has 2 heterocycles. The molecule has 1 aliphatic rings. The number of halogens is 2. The molecular weight excluding hydrogens is 375 g/mol. The van der Waals surface area contributed by atoms with Crippen molar-refractivity contribution in [2.75, 3.05) is 23.9 Å². The quantitative estimate of drug-likeness (QED) is 0.449. The highest BCUT2D eigenvalue weighted by Crippen LogP contribution is 2.45. The molecule has 1 aromatic heterocycles. The van der Waals surface area contributed by atoms with E-state index < -0.39 is 11.9 Å². The van der Waals surface area contributed by atoms with Crippen LogP contribution in [0, 0.1) is 28.6 Å².